The Bertz CT molecular complexity index is 816. The van der Waals surface area contributed by atoms with Gasteiger partial charge in [-0.2, -0.15) is 0 Å². The number of likely N-dealkylation sites (tertiary alicyclic amines) is 1. The number of carbonyl (C=O) groups excluding carboxylic acids is 2. The van der Waals surface area contributed by atoms with E-state index in [-0.39, 0.29) is 17.9 Å². The van der Waals surface area contributed by atoms with Crippen molar-refractivity contribution in [3.8, 4) is 0 Å². The molecular weight excluding hydrogens is 356 g/mol. The molecule has 1 fully saturated rings. The number of ether oxygens (including phenoxy) is 1. The third kappa shape index (κ3) is 5.45. The zero-order valence-corrected chi connectivity index (χ0v) is 16.4. The molecule has 0 spiro atoms. The first-order valence-electron chi connectivity index (χ1n) is 9.37. The molecule has 7 heteroatoms. The Balaban J connectivity index is 1.51. The summed E-state index contributed by atoms with van der Waals surface area (Å²) in [7, 11) is 0. The van der Waals surface area contributed by atoms with Crippen molar-refractivity contribution in [2.75, 3.05) is 23.7 Å². The number of carbonyl (C=O) groups is 2. The number of para-hydroxylation sites is 1. The molecular formula is C21H26N4O3. The van der Waals surface area contributed by atoms with Gasteiger partial charge in [0.05, 0.1) is 17.8 Å². The molecule has 7 nitrogen and oxygen atoms in total. The highest BCUT2D eigenvalue weighted by molar-refractivity contribution is 5.93. The molecule has 1 aromatic heterocycles. The summed E-state index contributed by atoms with van der Waals surface area (Å²) in [6, 6.07) is 13.4. The van der Waals surface area contributed by atoms with Gasteiger partial charge in [0.2, 0.25) is 5.91 Å². The lowest BCUT2D eigenvalue weighted by Crippen LogP contribution is -2.36. The van der Waals surface area contributed by atoms with E-state index >= 15 is 0 Å². The number of hydrogen-bond donors (Lipinski definition) is 2. The van der Waals surface area contributed by atoms with Crippen LogP contribution in [0.5, 0.6) is 0 Å². The molecule has 0 radical (unpaired) electrons. The summed E-state index contributed by atoms with van der Waals surface area (Å²) >= 11 is 0. The maximum atomic E-state index is 12.5. The average molecular weight is 382 g/mol. The van der Waals surface area contributed by atoms with Crippen LogP contribution < -0.4 is 10.6 Å². The number of pyridine rings is 1. The average Bonchev–Trinajstić information content (AvgIpc) is 3.13. The largest absolute Gasteiger partial charge is 0.444 e. The highest BCUT2D eigenvalue weighted by Gasteiger charge is 2.33. The fourth-order valence-corrected chi connectivity index (χ4v) is 2.92. The van der Waals surface area contributed by atoms with Crippen LogP contribution in [0, 0.1) is 5.92 Å². The third-order valence-electron chi connectivity index (χ3n) is 4.29. The predicted octanol–water partition coefficient (Wildman–Crippen LogP) is 4.02. The van der Waals surface area contributed by atoms with Crippen LogP contribution in [0.2, 0.25) is 0 Å². The molecule has 2 aromatic rings. The van der Waals surface area contributed by atoms with Crippen LogP contribution in [0.1, 0.15) is 27.2 Å². The minimum Gasteiger partial charge on any atom is -0.444 e. The molecule has 1 saturated heterocycles. The summed E-state index contributed by atoms with van der Waals surface area (Å²) in [6.07, 6.45) is 1.86. The van der Waals surface area contributed by atoms with Crippen molar-refractivity contribution in [2.24, 2.45) is 5.92 Å². The SMILES string of the molecule is CC(C)(C)OC(=O)N1CCC(C(=O)Nc2ccc(Nc3ccccc3)nc2)C1. The molecule has 2 amide bonds. The van der Waals surface area contributed by atoms with Crippen LogP contribution >= 0.6 is 0 Å². The molecule has 148 valence electrons. The summed E-state index contributed by atoms with van der Waals surface area (Å²) in [5.41, 5.74) is 1.03. The van der Waals surface area contributed by atoms with E-state index in [1.54, 1.807) is 17.2 Å². The van der Waals surface area contributed by atoms with E-state index in [0.29, 0.717) is 31.0 Å². The lowest BCUT2D eigenvalue weighted by atomic mass is 10.1. The predicted molar refractivity (Wildman–Crippen MR) is 109 cm³/mol. The summed E-state index contributed by atoms with van der Waals surface area (Å²) in [5, 5.41) is 6.07. The molecule has 1 unspecified atom stereocenters. The van der Waals surface area contributed by atoms with Gasteiger partial charge in [-0.05, 0) is 51.5 Å². The molecule has 28 heavy (non-hydrogen) atoms. The van der Waals surface area contributed by atoms with Crippen LogP contribution in [0.3, 0.4) is 0 Å². The minimum absolute atomic E-state index is 0.114. The standard InChI is InChI=1S/C21H26N4O3/c1-21(2,3)28-20(27)25-12-11-15(14-25)19(26)24-17-9-10-18(22-13-17)23-16-7-5-4-6-8-16/h4-10,13,15H,11-12,14H2,1-3H3,(H,22,23)(H,24,26). The van der Waals surface area contributed by atoms with Gasteiger partial charge in [-0.25, -0.2) is 9.78 Å². The van der Waals surface area contributed by atoms with E-state index in [1.807, 2.05) is 57.2 Å². The summed E-state index contributed by atoms with van der Waals surface area (Å²) < 4.78 is 5.37. The molecule has 2 N–H and O–H groups in total. The summed E-state index contributed by atoms with van der Waals surface area (Å²) in [4.78, 5) is 30.6. The van der Waals surface area contributed by atoms with Crippen LogP contribution in [0.4, 0.5) is 22.0 Å². The molecule has 1 aliphatic rings. The highest BCUT2D eigenvalue weighted by atomic mass is 16.6. The van der Waals surface area contributed by atoms with Gasteiger partial charge in [-0.15, -0.1) is 0 Å². The Morgan fingerprint density at radius 1 is 1.11 bits per heavy atom. The molecule has 3 rings (SSSR count). The van der Waals surface area contributed by atoms with Crippen molar-refractivity contribution in [1.82, 2.24) is 9.88 Å². The first-order chi connectivity index (χ1) is 13.3. The van der Waals surface area contributed by atoms with E-state index in [2.05, 4.69) is 15.6 Å². The number of hydrogen-bond acceptors (Lipinski definition) is 5. The van der Waals surface area contributed by atoms with E-state index in [1.165, 1.54) is 0 Å². The van der Waals surface area contributed by atoms with Crippen molar-refractivity contribution in [3.05, 3.63) is 48.7 Å². The molecule has 1 aromatic carbocycles. The van der Waals surface area contributed by atoms with Crippen LogP contribution in [-0.4, -0.2) is 40.6 Å². The number of benzene rings is 1. The van der Waals surface area contributed by atoms with Gasteiger partial charge in [0.25, 0.3) is 0 Å². The van der Waals surface area contributed by atoms with Gasteiger partial charge in [-0.3, -0.25) is 4.79 Å². The van der Waals surface area contributed by atoms with Gasteiger partial charge in [-0.1, -0.05) is 18.2 Å². The van der Waals surface area contributed by atoms with Crippen LogP contribution in [0.15, 0.2) is 48.7 Å². The monoisotopic (exact) mass is 382 g/mol. The first-order valence-corrected chi connectivity index (χ1v) is 9.37. The Morgan fingerprint density at radius 3 is 2.50 bits per heavy atom. The van der Waals surface area contributed by atoms with Crippen molar-refractivity contribution in [1.29, 1.82) is 0 Å². The van der Waals surface area contributed by atoms with E-state index < -0.39 is 5.60 Å². The quantitative estimate of drug-likeness (QED) is 0.834. The number of anilines is 3. The van der Waals surface area contributed by atoms with Gasteiger partial charge < -0.3 is 20.3 Å². The first kappa shape index (κ1) is 19.7. The fraction of sp³-hybridized carbons (Fsp3) is 0.381. The smallest absolute Gasteiger partial charge is 0.410 e. The second-order valence-electron chi connectivity index (χ2n) is 7.82. The van der Waals surface area contributed by atoms with Gasteiger partial charge in [0, 0.05) is 18.8 Å². The fourth-order valence-electron chi connectivity index (χ4n) is 2.92. The summed E-state index contributed by atoms with van der Waals surface area (Å²) in [5.74, 6) is 0.326. The zero-order chi connectivity index (χ0) is 20.1. The number of amides is 2. The summed E-state index contributed by atoms with van der Waals surface area (Å²) in [6.45, 7) is 6.37. The van der Waals surface area contributed by atoms with Crippen LogP contribution in [-0.2, 0) is 9.53 Å². The Kier molecular flexibility index (Phi) is 5.82. The normalized spacial score (nSPS) is 16.5. The maximum absolute atomic E-state index is 12.5. The second-order valence-corrected chi connectivity index (χ2v) is 7.82. The van der Waals surface area contributed by atoms with E-state index in [4.69, 9.17) is 4.74 Å². The number of aromatic nitrogens is 1. The molecule has 0 saturated carbocycles. The second kappa shape index (κ2) is 8.29. The number of rotatable bonds is 4. The number of nitrogens with one attached hydrogen (secondary N) is 2. The number of nitrogens with zero attached hydrogens (tertiary/aromatic N) is 2. The molecule has 0 bridgehead atoms. The Morgan fingerprint density at radius 2 is 1.86 bits per heavy atom. The van der Waals surface area contributed by atoms with Crippen molar-refractivity contribution >= 4 is 29.2 Å². The molecule has 1 atom stereocenters. The third-order valence-corrected chi connectivity index (χ3v) is 4.29. The van der Waals surface area contributed by atoms with Crippen molar-refractivity contribution in [3.63, 3.8) is 0 Å². The lowest BCUT2D eigenvalue weighted by molar-refractivity contribution is -0.119. The zero-order valence-electron chi connectivity index (χ0n) is 16.4. The Labute approximate surface area is 165 Å². The van der Waals surface area contributed by atoms with Gasteiger partial charge >= 0.3 is 6.09 Å². The lowest BCUT2D eigenvalue weighted by Gasteiger charge is -2.24. The molecule has 2 heterocycles. The van der Waals surface area contributed by atoms with E-state index in [0.717, 1.165) is 5.69 Å². The molecule has 1 aliphatic heterocycles. The molecule has 0 aliphatic carbocycles. The van der Waals surface area contributed by atoms with Gasteiger partial charge in [0.15, 0.2) is 0 Å². The minimum atomic E-state index is -0.543. The topological polar surface area (TPSA) is 83.6 Å². The van der Waals surface area contributed by atoms with Crippen LogP contribution in [0.25, 0.3) is 0 Å². The van der Waals surface area contributed by atoms with Crippen molar-refractivity contribution < 1.29 is 14.3 Å². The maximum Gasteiger partial charge on any atom is 0.410 e. The van der Waals surface area contributed by atoms with E-state index in [9.17, 15) is 9.59 Å². The van der Waals surface area contributed by atoms with Gasteiger partial charge in [0.1, 0.15) is 11.4 Å². The highest BCUT2D eigenvalue weighted by Crippen LogP contribution is 2.22. The Hall–Kier alpha value is -3.09. The van der Waals surface area contributed by atoms with Crippen molar-refractivity contribution in [2.45, 2.75) is 32.8 Å².